The van der Waals surface area contributed by atoms with Crippen molar-refractivity contribution in [1.29, 1.82) is 0 Å². The minimum absolute atomic E-state index is 0.0823. The van der Waals surface area contributed by atoms with Gasteiger partial charge in [-0.15, -0.1) is 0 Å². The summed E-state index contributed by atoms with van der Waals surface area (Å²) in [6.45, 7) is 2.94. The van der Waals surface area contributed by atoms with E-state index in [9.17, 15) is 19.2 Å². The topological polar surface area (TPSA) is 105 Å². The van der Waals surface area contributed by atoms with Crippen LogP contribution in [0.2, 0.25) is 0 Å². The Hall–Kier alpha value is -5.50. The van der Waals surface area contributed by atoms with E-state index in [2.05, 4.69) is 6.58 Å². The van der Waals surface area contributed by atoms with Crippen molar-refractivity contribution in [2.45, 2.75) is 32.8 Å². The monoisotopic (exact) mass is 592 g/mol. The van der Waals surface area contributed by atoms with Gasteiger partial charge in [0.25, 0.3) is 5.41 Å². The van der Waals surface area contributed by atoms with Gasteiger partial charge in [0, 0.05) is 12.0 Å². The molecule has 0 amide bonds. The first-order chi connectivity index (χ1) is 21.4. The van der Waals surface area contributed by atoms with Gasteiger partial charge >= 0.3 is 23.9 Å². The maximum absolute atomic E-state index is 13.9. The van der Waals surface area contributed by atoms with Crippen LogP contribution in [0.4, 0.5) is 0 Å². The van der Waals surface area contributed by atoms with Crippen LogP contribution in [0.15, 0.2) is 133 Å². The van der Waals surface area contributed by atoms with Crippen LogP contribution < -0.4 is 0 Å². The number of benzene rings is 4. The van der Waals surface area contributed by atoms with Gasteiger partial charge in [0.05, 0.1) is 0 Å². The summed E-state index contributed by atoms with van der Waals surface area (Å²) < 4.78 is 21.9. The highest BCUT2D eigenvalue weighted by Gasteiger charge is 2.58. The first-order valence-corrected chi connectivity index (χ1v) is 13.9. The van der Waals surface area contributed by atoms with Gasteiger partial charge < -0.3 is 18.9 Å². The van der Waals surface area contributed by atoms with Gasteiger partial charge in [0.1, 0.15) is 26.4 Å². The zero-order chi connectivity index (χ0) is 31.2. The molecule has 224 valence electrons. The van der Waals surface area contributed by atoms with Crippen LogP contribution in [-0.4, -0.2) is 23.9 Å². The van der Waals surface area contributed by atoms with Crippen molar-refractivity contribution in [2.75, 3.05) is 0 Å². The molecule has 0 fully saturated rings. The Kier molecular flexibility index (Phi) is 11.2. The second-order valence-electron chi connectivity index (χ2n) is 9.93. The SMILES string of the molecule is C=C(CC(C(=O)OCc1ccccc1)(C(=O)OCc1ccccc1)C(=O)OCc1ccccc1)C(=O)OCc1ccccc1. The minimum atomic E-state index is -2.71. The molecule has 0 spiro atoms. The molecule has 44 heavy (non-hydrogen) atoms. The van der Waals surface area contributed by atoms with Crippen LogP contribution in [0.25, 0.3) is 0 Å². The van der Waals surface area contributed by atoms with Crippen LogP contribution in [0, 0.1) is 5.41 Å². The lowest BCUT2D eigenvalue weighted by Crippen LogP contribution is -2.50. The fraction of sp³-hybridized carbons (Fsp3) is 0.167. The Balaban J connectivity index is 1.63. The molecule has 8 heteroatoms. The van der Waals surface area contributed by atoms with Crippen LogP contribution in [0.1, 0.15) is 28.7 Å². The number of carbonyl (C=O) groups excluding carboxylic acids is 4. The fourth-order valence-corrected chi connectivity index (χ4v) is 4.22. The Morgan fingerprint density at radius 1 is 0.455 bits per heavy atom. The maximum atomic E-state index is 13.9. The van der Waals surface area contributed by atoms with Crippen molar-refractivity contribution in [3.05, 3.63) is 156 Å². The molecule has 0 bridgehead atoms. The number of hydrogen-bond acceptors (Lipinski definition) is 8. The third kappa shape index (κ3) is 8.51. The van der Waals surface area contributed by atoms with Gasteiger partial charge in [-0.2, -0.15) is 0 Å². The zero-order valence-corrected chi connectivity index (χ0v) is 24.1. The van der Waals surface area contributed by atoms with Crippen LogP contribution in [0.5, 0.6) is 0 Å². The highest BCUT2D eigenvalue weighted by Crippen LogP contribution is 2.34. The van der Waals surface area contributed by atoms with E-state index in [1.54, 1.807) is 115 Å². The molecule has 0 aliphatic rings. The molecular weight excluding hydrogens is 560 g/mol. The first-order valence-electron chi connectivity index (χ1n) is 13.9. The van der Waals surface area contributed by atoms with Crippen molar-refractivity contribution in [2.24, 2.45) is 5.41 Å². The zero-order valence-electron chi connectivity index (χ0n) is 24.1. The lowest BCUT2D eigenvalue weighted by atomic mass is 9.81. The molecular formula is C36H32O8. The number of rotatable bonds is 14. The van der Waals surface area contributed by atoms with Crippen molar-refractivity contribution >= 4 is 23.9 Å². The van der Waals surface area contributed by atoms with Crippen molar-refractivity contribution in [3.8, 4) is 0 Å². The summed E-state index contributed by atoms with van der Waals surface area (Å²) in [6.07, 6.45) is -0.782. The van der Waals surface area contributed by atoms with E-state index in [0.717, 1.165) is 0 Å². The summed E-state index contributed by atoms with van der Waals surface area (Å²) in [5.41, 5.74) is -0.456. The van der Waals surface area contributed by atoms with E-state index in [-0.39, 0.29) is 32.0 Å². The summed E-state index contributed by atoms with van der Waals surface area (Å²) in [6, 6.07) is 35.1. The first kappa shape index (κ1) is 31.4. The number of hydrogen-bond donors (Lipinski definition) is 0. The van der Waals surface area contributed by atoms with E-state index < -0.39 is 35.7 Å². The molecule has 8 nitrogen and oxygen atoms in total. The Morgan fingerprint density at radius 2 is 0.727 bits per heavy atom. The molecule has 0 aliphatic heterocycles. The molecule has 0 N–H and O–H groups in total. The van der Waals surface area contributed by atoms with Gasteiger partial charge in [-0.3, -0.25) is 14.4 Å². The van der Waals surface area contributed by atoms with Crippen molar-refractivity contribution in [1.82, 2.24) is 0 Å². The summed E-state index contributed by atoms with van der Waals surface area (Å²) in [5.74, 6) is -4.63. The Labute approximate surface area is 255 Å². The number of carbonyl (C=O) groups is 4. The van der Waals surface area contributed by atoms with Gasteiger partial charge in [-0.05, 0) is 22.3 Å². The van der Waals surface area contributed by atoms with E-state index in [4.69, 9.17) is 18.9 Å². The third-order valence-electron chi connectivity index (χ3n) is 6.66. The van der Waals surface area contributed by atoms with Gasteiger partial charge in [-0.25, -0.2) is 4.79 Å². The summed E-state index contributed by atoms with van der Waals surface area (Å²) in [5, 5.41) is 0. The maximum Gasteiger partial charge on any atom is 0.335 e. The average Bonchev–Trinajstić information content (AvgIpc) is 3.08. The van der Waals surface area contributed by atoms with E-state index >= 15 is 0 Å². The van der Waals surface area contributed by atoms with E-state index in [1.807, 2.05) is 6.07 Å². The van der Waals surface area contributed by atoms with Gasteiger partial charge in [0.15, 0.2) is 0 Å². The quantitative estimate of drug-likeness (QED) is 0.0772. The fourth-order valence-electron chi connectivity index (χ4n) is 4.22. The number of ether oxygens (including phenoxy) is 4. The average molecular weight is 593 g/mol. The smallest absolute Gasteiger partial charge is 0.335 e. The molecule has 4 aromatic rings. The predicted molar refractivity (Wildman–Crippen MR) is 161 cm³/mol. The van der Waals surface area contributed by atoms with Gasteiger partial charge in [-0.1, -0.05) is 128 Å². The third-order valence-corrected chi connectivity index (χ3v) is 6.66. The summed E-state index contributed by atoms with van der Waals surface area (Å²) in [4.78, 5) is 54.6. The molecule has 0 aromatic heterocycles. The van der Waals surface area contributed by atoms with E-state index in [1.165, 1.54) is 0 Å². The van der Waals surface area contributed by atoms with Crippen LogP contribution in [-0.2, 0) is 64.6 Å². The standard InChI is InChI=1S/C36H32O8/c1-27(32(37)41-23-28-14-6-2-7-15-28)22-36(33(38)42-24-29-16-8-3-9-17-29,34(39)43-25-30-18-10-4-11-19-30)35(40)44-26-31-20-12-5-13-21-31/h2-21H,1,22-26H2. The summed E-state index contributed by atoms with van der Waals surface area (Å²) >= 11 is 0. The second-order valence-corrected chi connectivity index (χ2v) is 9.93. The molecule has 0 radical (unpaired) electrons. The van der Waals surface area contributed by atoms with Crippen molar-refractivity contribution in [3.63, 3.8) is 0 Å². The minimum Gasteiger partial charge on any atom is -0.460 e. The molecule has 0 saturated carbocycles. The number of esters is 4. The van der Waals surface area contributed by atoms with Crippen LogP contribution >= 0.6 is 0 Å². The highest BCUT2D eigenvalue weighted by molar-refractivity contribution is 6.18. The largest absolute Gasteiger partial charge is 0.460 e. The van der Waals surface area contributed by atoms with Gasteiger partial charge in [0.2, 0.25) is 0 Å². The molecule has 0 heterocycles. The molecule has 0 aliphatic carbocycles. The van der Waals surface area contributed by atoms with Crippen LogP contribution in [0.3, 0.4) is 0 Å². The van der Waals surface area contributed by atoms with Crippen molar-refractivity contribution < 1.29 is 38.1 Å². The Morgan fingerprint density at radius 3 is 1.02 bits per heavy atom. The Bertz CT molecular complexity index is 1420. The normalized spacial score (nSPS) is 10.7. The lowest BCUT2D eigenvalue weighted by molar-refractivity contribution is -0.186. The molecule has 0 saturated heterocycles. The molecule has 0 atom stereocenters. The van der Waals surface area contributed by atoms with E-state index in [0.29, 0.717) is 22.3 Å². The highest BCUT2D eigenvalue weighted by atomic mass is 16.6. The predicted octanol–water partition coefficient (Wildman–Crippen LogP) is 5.89. The lowest BCUT2D eigenvalue weighted by Gasteiger charge is -2.28. The second kappa shape index (κ2) is 15.7. The molecule has 0 unspecified atom stereocenters. The summed E-state index contributed by atoms with van der Waals surface area (Å²) in [7, 11) is 0. The molecule has 4 rings (SSSR count). The molecule has 4 aromatic carbocycles.